The summed E-state index contributed by atoms with van der Waals surface area (Å²) in [6, 6.07) is 17.1. The summed E-state index contributed by atoms with van der Waals surface area (Å²) in [5.41, 5.74) is 5.08. The van der Waals surface area contributed by atoms with E-state index in [1.807, 2.05) is 37.3 Å². The number of nitrogens with zero attached hydrogens (tertiary/aromatic N) is 7. The Hall–Kier alpha value is -5.04. The SMILES string of the molecule is CC(c1ccc2nccnc2c1)C(c1cn(-c2cccc([NH+](O)O)c2)nn1)n1[nH]c(-c2ccncc2)cc1=O. The van der Waals surface area contributed by atoms with Crippen molar-refractivity contribution in [3.63, 3.8) is 0 Å². The van der Waals surface area contributed by atoms with Crippen LogP contribution in [0, 0.1) is 0 Å². The van der Waals surface area contributed by atoms with E-state index in [1.165, 1.54) is 4.68 Å². The van der Waals surface area contributed by atoms with E-state index in [1.54, 1.807) is 66.0 Å². The lowest BCUT2D eigenvalue weighted by molar-refractivity contribution is -1.19. The first-order valence-electron chi connectivity index (χ1n) is 12.2. The quantitative estimate of drug-likeness (QED) is 0.233. The van der Waals surface area contributed by atoms with Crippen LogP contribution in [0.2, 0.25) is 0 Å². The third-order valence-electron chi connectivity index (χ3n) is 6.69. The molecule has 0 aliphatic carbocycles. The van der Waals surface area contributed by atoms with Crippen molar-refractivity contribution >= 4 is 16.7 Å². The molecule has 4 aromatic heterocycles. The van der Waals surface area contributed by atoms with Crippen LogP contribution in [0.1, 0.15) is 30.1 Å². The summed E-state index contributed by atoms with van der Waals surface area (Å²) >= 11 is 0. The number of rotatable bonds is 7. The maximum absolute atomic E-state index is 13.4. The summed E-state index contributed by atoms with van der Waals surface area (Å²) in [7, 11) is 0. The first-order chi connectivity index (χ1) is 19.0. The van der Waals surface area contributed by atoms with Crippen molar-refractivity contribution in [1.82, 2.24) is 39.7 Å². The van der Waals surface area contributed by atoms with E-state index >= 15 is 0 Å². The van der Waals surface area contributed by atoms with Gasteiger partial charge in [0.25, 0.3) is 5.56 Å². The van der Waals surface area contributed by atoms with Crippen LogP contribution in [0.25, 0.3) is 28.0 Å². The first kappa shape index (κ1) is 24.3. The van der Waals surface area contributed by atoms with Gasteiger partial charge in [0, 0.05) is 54.5 Å². The summed E-state index contributed by atoms with van der Waals surface area (Å²) in [5, 5.41) is 30.2. The number of hydrogen-bond donors (Lipinski definition) is 4. The molecule has 0 aliphatic rings. The van der Waals surface area contributed by atoms with Crippen LogP contribution in [0.4, 0.5) is 5.69 Å². The van der Waals surface area contributed by atoms with E-state index in [9.17, 15) is 15.2 Å². The van der Waals surface area contributed by atoms with Crippen LogP contribution in [-0.2, 0) is 0 Å². The number of hydrogen-bond acceptors (Lipinski definition) is 8. The zero-order valence-electron chi connectivity index (χ0n) is 20.7. The Morgan fingerprint density at radius 3 is 2.51 bits per heavy atom. The Labute approximate surface area is 221 Å². The van der Waals surface area contributed by atoms with Crippen LogP contribution in [-0.4, -0.2) is 50.1 Å². The summed E-state index contributed by atoms with van der Waals surface area (Å²) < 4.78 is 3.09. The van der Waals surface area contributed by atoms with Gasteiger partial charge >= 0.3 is 0 Å². The van der Waals surface area contributed by atoms with Crippen LogP contribution in [0.3, 0.4) is 0 Å². The maximum Gasteiger partial charge on any atom is 0.267 e. The number of pyridine rings is 1. The van der Waals surface area contributed by atoms with E-state index < -0.39 is 11.3 Å². The summed E-state index contributed by atoms with van der Waals surface area (Å²) in [4.78, 5) is 26.2. The van der Waals surface area contributed by atoms with Crippen molar-refractivity contribution in [2.75, 3.05) is 0 Å². The van der Waals surface area contributed by atoms with Crippen LogP contribution < -0.4 is 10.8 Å². The fraction of sp³-hybridized carbons (Fsp3) is 0.111. The second kappa shape index (κ2) is 10.0. The molecule has 2 unspecified atom stereocenters. The minimum Gasteiger partial charge on any atom is -0.294 e. The summed E-state index contributed by atoms with van der Waals surface area (Å²) in [6.45, 7) is 2.01. The van der Waals surface area contributed by atoms with Crippen molar-refractivity contribution < 1.29 is 15.6 Å². The van der Waals surface area contributed by atoms with E-state index in [4.69, 9.17) is 0 Å². The third-order valence-corrected chi connectivity index (χ3v) is 6.69. The predicted octanol–water partition coefficient (Wildman–Crippen LogP) is 2.45. The van der Waals surface area contributed by atoms with Gasteiger partial charge in [-0.2, -0.15) is 10.4 Å². The van der Waals surface area contributed by atoms with Gasteiger partial charge in [0.15, 0.2) is 5.69 Å². The van der Waals surface area contributed by atoms with Gasteiger partial charge in [-0.25, -0.2) is 9.36 Å². The van der Waals surface area contributed by atoms with Gasteiger partial charge < -0.3 is 0 Å². The lowest BCUT2D eigenvalue weighted by atomic mass is 9.91. The van der Waals surface area contributed by atoms with Crippen LogP contribution in [0.5, 0.6) is 0 Å². The molecule has 2 aromatic carbocycles. The largest absolute Gasteiger partial charge is 0.294 e. The smallest absolute Gasteiger partial charge is 0.267 e. The number of aromatic nitrogens is 8. The van der Waals surface area contributed by atoms with Gasteiger partial charge in [-0.3, -0.25) is 24.8 Å². The normalized spacial score (nSPS) is 13.1. The molecule has 0 aliphatic heterocycles. The monoisotopic (exact) mass is 522 g/mol. The zero-order chi connectivity index (χ0) is 26.9. The van der Waals surface area contributed by atoms with Crippen molar-refractivity contribution in [3.8, 4) is 16.9 Å². The molecule has 0 amide bonds. The number of benzene rings is 2. The van der Waals surface area contributed by atoms with E-state index in [0.29, 0.717) is 17.1 Å². The van der Waals surface area contributed by atoms with Gasteiger partial charge in [0.05, 0.1) is 28.6 Å². The van der Waals surface area contributed by atoms with Gasteiger partial charge in [-0.15, -0.1) is 5.10 Å². The number of nitrogens with one attached hydrogen (secondary N) is 2. The van der Waals surface area contributed by atoms with Crippen LogP contribution >= 0.6 is 0 Å². The zero-order valence-corrected chi connectivity index (χ0v) is 20.7. The van der Waals surface area contributed by atoms with Crippen molar-refractivity contribution in [1.29, 1.82) is 0 Å². The Balaban J connectivity index is 1.46. The lowest BCUT2D eigenvalue weighted by Gasteiger charge is -2.23. The Morgan fingerprint density at radius 2 is 1.72 bits per heavy atom. The predicted molar refractivity (Wildman–Crippen MR) is 140 cm³/mol. The molecule has 0 spiro atoms. The number of fused-ring (bicyclic) bond motifs is 1. The Kier molecular flexibility index (Phi) is 6.25. The van der Waals surface area contributed by atoms with Crippen LogP contribution in [0.15, 0.2) is 96.4 Å². The fourth-order valence-electron chi connectivity index (χ4n) is 4.68. The highest BCUT2D eigenvalue weighted by Crippen LogP contribution is 2.34. The molecule has 0 radical (unpaired) electrons. The molecule has 39 heavy (non-hydrogen) atoms. The van der Waals surface area contributed by atoms with E-state index in [2.05, 4.69) is 30.4 Å². The highest BCUT2D eigenvalue weighted by atomic mass is 16.8. The summed E-state index contributed by atoms with van der Waals surface area (Å²) in [5.74, 6) is -0.232. The number of aromatic amines is 1. The maximum atomic E-state index is 13.4. The van der Waals surface area contributed by atoms with Crippen molar-refractivity contribution in [3.05, 3.63) is 113 Å². The number of H-pyrrole nitrogens is 1. The molecule has 0 saturated carbocycles. The lowest BCUT2D eigenvalue weighted by Crippen LogP contribution is -3.01. The fourth-order valence-corrected chi connectivity index (χ4v) is 4.68. The molecule has 4 N–H and O–H groups in total. The second-order valence-electron chi connectivity index (χ2n) is 9.11. The molecule has 4 heterocycles. The molecule has 0 saturated heterocycles. The molecule has 0 bridgehead atoms. The molecule has 194 valence electrons. The molecule has 6 aromatic rings. The molecule has 12 heteroatoms. The Bertz CT molecular complexity index is 1810. The topological polar surface area (TPSA) is 152 Å². The van der Waals surface area contributed by atoms with Crippen molar-refractivity contribution in [2.24, 2.45) is 0 Å². The highest BCUT2D eigenvalue weighted by Gasteiger charge is 2.29. The molecular weight excluding hydrogens is 498 g/mol. The molecular formula is C27H24N9O3+. The molecule has 6 rings (SSSR count). The van der Waals surface area contributed by atoms with E-state index in [0.717, 1.165) is 22.2 Å². The second-order valence-corrected chi connectivity index (χ2v) is 9.11. The van der Waals surface area contributed by atoms with Crippen molar-refractivity contribution in [2.45, 2.75) is 18.9 Å². The minimum atomic E-state index is -0.787. The summed E-state index contributed by atoms with van der Waals surface area (Å²) in [6.07, 6.45) is 8.36. The van der Waals surface area contributed by atoms with Gasteiger partial charge in [0.1, 0.15) is 11.7 Å². The highest BCUT2D eigenvalue weighted by molar-refractivity contribution is 5.74. The first-order valence-corrected chi connectivity index (χ1v) is 12.2. The van der Waals surface area contributed by atoms with E-state index in [-0.39, 0.29) is 17.2 Å². The standard InChI is InChI=1S/C27H23N9O3/c1-17(19-5-6-22-24(13-19)30-12-11-29-22)27(35-26(37)15-23(32-35)18-7-9-28-10-8-18)25-16-34(33-31-25)20-3-2-4-21(14-20)36(38)39/h2-17,27,32,38-39H,1H3/p+1. The average molecular weight is 523 g/mol. The van der Waals surface area contributed by atoms with Gasteiger partial charge in [-0.1, -0.05) is 24.3 Å². The molecule has 12 nitrogen and oxygen atoms in total. The van der Waals surface area contributed by atoms with Gasteiger partial charge in [-0.05, 0) is 41.1 Å². The van der Waals surface area contributed by atoms with Gasteiger partial charge in [0.2, 0.25) is 0 Å². The third kappa shape index (κ3) is 4.70. The average Bonchev–Trinajstić information content (AvgIpc) is 3.61. The Morgan fingerprint density at radius 1 is 0.923 bits per heavy atom. The number of quaternary nitrogens is 1. The minimum absolute atomic E-state index is 0.226. The molecule has 0 fully saturated rings. The molecule has 2 atom stereocenters.